The molecule has 0 unspecified atom stereocenters. The number of imide groups is 1. The van der Waals surface area contributed by atoms with Gasteiger partial charge in [-0.3, -0.25) is 14.5 Å². The number of rotatable bonds is 5. The standard InChI is InChI=1S/C17H14N2O4S/c20-15-14(18-13-8-4-7-12(9-13)16(21)22)24-17(23)19(15)10-11-5-2-1-3-6-11/h1-9,14,18H,10H2,(H,21,22)/t14-/m1/s1. The van der Waals surface area contributed by atoms with Crippen molar-refractivity contribution in [1.82, 2.24) is 4.90 Å². The number of nitrogens with zero attached hydrogens (tertiary/aromatic N) is 1. The second-order valence-electron chi connectivity index (χ2n) is 5.20. The minimum absolute atomic E-state index is 0.114. The van der Waals surface area contributed by atoms with Gasteiger partial charge in [-0.25, -0.2) is 4.79 Å². The highest BCUT2D eigenvalue weighted by molar-refractivity contribution is 8.15. The van der Waals surface area contributed by atoms with E-state index in [1.807, 2.05) is 30.3 Å². The number of thioether (sulfide) groups is 1. The smallest absolute Gasteiger partial charge is 0.335 e. The molecule has 24 heavy (non-hydrogen) atoms. The van der Waals surface area contributed by atoms with Crippen LogP contribution in [-0.4, -0.2) is 32.5 Å². The minimum atomic E-state index is -1.05. The second kappa shape index (κ2) is 6.76. The Morgan fingerprint density at radius 2 is 1.88 bits per heavy atom. The maximum absolute atomic E-state index is 12.4. The van der Waals surface area contributed by atoms with Crippen molar-refractivity contribution in [3.05, 3.63) is 65.7 Å². The third-order valence-electron chi connectivity index (χ3n) is 3.52. The van der Waals surface area contributed by atoms with Crippen LogP contribution in [0.3, 0.4) is 0 Å². The molecule has 2 aromatic carbocycles. The van der Waals surface area contributed by atoms with Crippen LogP contribution >= 0.6 is 11.8 Å². The molecule has 7 heteroatoms. The van der Waals surface area contributed by atoms with E-state index in [1.165, 1.54) is 17.0 Å². The van der Waals surface area contributed by atoms with E-state index in [0.29, 0.717) is 5.69 Å². The Morgan fingerprint density at radius 3 is 2.58 bits per heavy atom. The molecule has 0 aliphatic carbocycles. The van der Waals surface area contributed by atoms with E-state index in [1.54, 1.807) is 12.1 Å². The van der Waals surface area contributed by atoms with E-state index in [-0.39, 0.29) is 23.3 Å². The molecule has 1 aliphatic heterocycles. The van der Waals surface area contributed by atoms with Crippen molar-refractivity contribution in [3.63, 3.8) is 0 Å². The first-order valence-corrected chi connectivity index (χ1v) is 8.08. The first kappa shape index (κ1) is 16.1. The number of aromatic carboxylic acids is 1. The first-order valence-electron chi connectivity index (χ1n) is 7.20. The van der Waals surface area contributed by atoms with Gasteiger partial charge in [-0.05, 0) is 35.5 Å². The summed E-state index contributed by atoms with van der Waals surface area (Å²) in [6.45, 7) is 0.221. The van der Waals surface area contributed by atoms with Gasteiger partial charge in [0.25, 0.3) is 11.1 Å². The van der Waals surface area contributed by atoms with Gasteiger partial charge in [-0.15, -0.1) is 0 Å². The van der Waals surface area contributed by atoms with E-state index in [9.17, 15) is 14.4 Å². The second-order valence-corrected chi connectivity index (χ2v) is 6.26. The van der Waals surface area contributed by atoms with E-state index in [0.717, 1.165) is 17.3 Å². The van der Waals surface area contributed by atoms with Crippen molar-refractivity contribution in [3.8, 4) is 0 Å². The zero-order valence-electron chi connectivity index (χ0n) is 12.5. The lowest BCUT2D eigenvalue weighted by Crippen LogP contribution is -2.33. The molecule has 0 aromatic heterocycles. The van der Waals surface area contributed by atoms with Gasteiger partial charge in [0, 0.05) is 5.69 Å². The van der Waals surface area contributed by atoms with Crippen molar-refractivity contribution in [1.29, 1.82) is 0 Å². The summed E-state index contributed by atoms with van der Waals surface area (Å²) in [6.07, 6.45) is 0. The largest absolute Gasteiger partial charge is 0.478 e. The van der Waals surface area contributed by atoms with Crippen LogP contribution in [0.1, 0.15) is 15.9 Å². The fraction of sp³-hybridized carbons (Fsp3) is 0.118. The number of carbonyl (C=O) groups is 3. The molecule has 1 fully saturated rings. The highest BCUT2D eigenvalue weighted by Crippen LogP contribution is 2.29. The Morgan fingerprint density at radius 1 is 1.12 bits per heavy atom. The van der Waals surface area contributed by atoms with Crippen LogP contribution in [-0.2, 0) is 11.3 Å². The van der Waals surface area contributed by atoms with Crippen molar-refractivity contribution >= 4 is 34.6 Å². The molecule has 0 spiro atoms. The number of carboxylic acid groups (broad SMARTS) is 1. The van der Waals surface area contributed by atoms with Gasteiger partial charge in [0.15, 0.2) is 5.37 Å². The Labute approximate surface area is 142 Å². The average molecular weight is 342 g/mol. The number of carboxylic acids is 1. The number of nitrogens with one attached hydrogen (secondary N) is 1. The van der Waals surface area contributed by atoms with Crippen LogP contribution in [0, 0.1) is 0 Å². The number of hydrogen-bond acceptors (Lipinski definition) is 5. The molecule has 2 N–H and O–H groups in total. The van der Waals surface area contributed by atoms with Crippen LogP contribution in [0.15, 0.2) is 54.6 Å². The Kier molecular flexibility index (Phi) is 4.52. The van der Waals surface area contributed by atoms with Gasteiger partial charge in [0.2, 0.25) is 0 Å². The predicted octanol–water partition coefficient (Wildman–Crippen LogP) is 3.02. The van der Waals surface area contributed by atoms with Crippen LogP contribution in [0.2, 0.25) is 0 Å². The summed E-state index contributed by atoms with van der Waals surface area (Å²) in [7, 11) is 0. The number of hydrogen-bond donors (Lipinski definition) is 2. The Balaban J connectivity index is 1.72. The van der Waals surface area contributed by atoms with Crippen LogP contribution in [0.25, 0.3) is 0 Å². The van der Waals surface area contributed by atoms with E-state index in [2.05, 4.69) is 5.32 Å². The minimum Gasteiger partial charge on any atom is -0.478 e. The molecule has 6 nitrogen and oxygen atoms in total. The zero-order chi connectivity index (χ0) is 17.1. The van der Waals surface area contributed by atoms with Crippen LogP contribution in [0.5, 0.6) is 0 Å². The summed E-state index contributed by atoms with van der Waals surface area (Å²) in [5.74, 6) is -1.39. The molecule has 1 saturated heterocycles. The average Bonchev–Trinajstić information content (AvgIpc) is 2.83. The number of amides is 2. The van der Waals surface area contributed by atoms with E-state index >= 15 is 0 Å². The maximum Gasteiger partial charge on any atom is 0.335 e. The summed E-state index contributed by atoms with van der Waals surface area (Å²) >= 11 is 0.889. The first-order chi connectivity index (χ1) is 11.5. The molecule has 1 aliphatic rings. The predicted molar refractivity (Wildman–Crippen MR) is 90.8 cm³/mol. The topological polar surface area (TPSA) is 86.7 Å². The summed E-state index contributed by atoms with van der Waals surface area (Å²) in [5, 5.41) is 10.8. The van der Waals surface area contributed by atoms with Gasteiger partial charge < -0.3 is 10.4 Å². The molecule has 2 aromatic rings. The Hall–Kier alpha value is -2.80. The fourth-order valence-corrected chi connectivity index (χ4v) is 3.25. The quantitative estimate of drug-likeness (QED) is 0.868. The molecule has 1 atom stereocenters. The highest BCUT2D eigenvalue weighted by atomic mass is 32.2. The van der Waals surface area contributed by atoms with Crippen LogP contribution in [0.4, 0.5) is 10.5 Å². The maximum atomic E-state index is 12.4. The molecule has 1 heterocycles. The molecule has 0 saturated carbocycles. The van der Waals surface area contributed by atoms with Gasteiger partial charge in [0.1, 0.15) is 0 Å². The molecule has 122 valence electrons. The molecule has 3 rings (SSSR count). The third-order valence-corrected chi connectivity index (χ3v) is 4.50. The molecular formula is C17H14N2O4S. The van der Waals surface area contributed by atoms with Gasteiger partial charge in [0.05, 0.1) is 12.1 Å². The van der Waals surface area contributed by atoms with Crippen LogP contribution < -0.4 is 5.32 Å². The summed E-state index contributed by atoms with van der Waals surface area (Å²) in [5.41, 5.74) is 1.46. The van der Waals surface area contributed by atoms with Crippen molar-refractivity contribution < 1.29 is 19.5 Å². The lowest BCUT2D eigenvalue weighted by Gasteiger charge is -2.15. The summed E-state index contributed by atoms with van der Waals surface area (Å²) in [6, 6.07) is 15.4. The van der Waals surface area contributed by atoms with E-state index < -0.39 is 11.3 Å². The molecule has 2 amide bonds. The normalized spacial score (nSPS) is 17.2. The van der Waals surface area contributed by atoms with Gasteiger partial charge in [-0.2, -0.15) is 0 Å². The third kappa shape index (κ3) is 3.41. The molecular weight excluding hydrogens is 328 g/mol. The lowest BCUT2D eigenvalue weighted by molar-refractivity contribution is -0.126. The lowest BCUT2D eigenvalue weighted by atomic mass is 10.2. The van der Waals surface area contributed by atoms with Crippen molar-refractivity contribution in [2.24, 2.45) is 0 Å². The highest BCUT2D eigenvalue weighted by Gasteiger charge is 2.39. The molecule has 0 bridgehead atoms. The van der Waals surface area contributed by atoms with E-state index in [4.69, 9.17) is 5.11 Å². The SMILES string of the molecule is O=C(O)c1cccc(N[C@@H]2SC(=O)N(Cc3ccccc3)C2=O)c1. The van der Waals surface area contributed by atoms with Gasteiger partial charge in [-0.1, -0.05) is 36.4 Å². The Bertz CT molecular complexity index is 794. The van der Waals surface area contributed by atoms with Crippen molar-refractivity contribution in [2.75, 3.05) is 5.32 Å². The van der Waals surface area contributed by atoms with Gasteiger partial charge >= 0.3 is 5.97 Å². The summed E-state index contributed by atoms with van der Waals surface area (Å²) in [4.78, 5) is 36.7. The number of carbonyl (C=O) groups excluding carboxylic acids is 2. The summed E-state index contributed by atoms with van der Waals surface area (Å²) < 4.78 is 0. The monoisotopic (exact) mass is 342 g/mol. The molecule has 0 radical (unpaired) electrons. The number of anilines is 1. The zero-order valence-corrected chi connectivity index (χ0v) is 13.3. The fourth-order valence-electron chi connectivity index (χ4n) is 2.34. The number of benzene rings is 2. The van der Waals surface area contributed by atoms with Crippen molar-refractivity contribution in [2.45, 2.75) is 11.9 Å².